The molecule has 0 radical (unpaired) electrons. The van der Waals surface area contributed by atoms with Gasteiger partial charge in [-0.3, -0.25) is 0 Å². The van der Waals surface area contributed by atoms with Gasteiger partial charge < -0.3 is 0 Å². The molecule has 2 heteroatoms. The van der Waals surface area contributed by atoms with Crippen LogP contribution in [0.15, 0.2) is 24.3 Å². The van der Waals surface area contributed by atoms with Gasteiger partial charge in [0.15, 0.2) is 0 Å². The van der Waals surface area contributed by atoms with Crippen LogP contribution in [0.2, 0.25) is 0 Å². The van der Waals surface area contributed by atoms with Gasteiger partial charge in [-0.15, -0.1) is 0 Å². The van der Waals surface area contributed by atoms with E-state index in [1.807, 2.05) is 24.3 Å². The molecule has 0 heterocycles. The molecule has 0 unspecified atom stereocenters. The third-order valence-corrected chi connectivity index (χ3v) is 1.02. The molecule has 0 saturated heterocycles. The van der Waals surface area contributed by atoms with Crippen LogP contribution in [-0.4, -0.2) is 11.5 Å². The summed E-state index contributed by atoms with van der Waals surface area (Å²) in [4.78, 5) is 0. The SMILES string of the molecule is SCC=CC=CCS. The fraction of sp³-hybridized carbons (Fsp3) is 0.333. The molecule has 8 heavy (non-hydrogen) atoms. The molecule has 0 nitrogen and oxygen atoms in total. The van der Waals surface area contributed by atoms with Crippen LogP contribution in [0.4, 0.5) is 0 Å². The molecule has 0 atom stereocenters. The van der Waals surface area contributed by atoms with Crippen LogP contribution in [0.5, 0.6) is 0 Å². The highest BCUT2D eigenvalue weighted by Gasteiger charge is 1.62. The minimum atomic E-state index is 0.802. The average Bonchev–Trinajstić information content (AvgIpc) is 1.81. The largest absolute Gasteiger partial charge is 0.175 e. The van der Waals surface area contributed by atoms with E-state index in [1.165, 1.54) is 0 Å². The van der Waals surface area contributed by atoms with E-state index in [2.05, 4.69) is 25.3 Å². The first-order chi connectivity index (χ1) is 3.91. The third-order valence-electron chi connectivity index (χ3n) is 0.594. The first-order valence-electron chi connectivity index (χ1n) is 2.45. The Kier molecular flexibility index (Phi) is 7.34. The lowest BCUT2D eigenvalue weighted by molar-refractivity contribution is 1.72. The van der Waals surface area contributed by atoms with Crippen LogP contribution < -0.4 is 0 Å². The number of hydrogen-bond acceptors (Lipinski definition) is 2. The lowest BCUT2D eigenvalue weighted by Crippen LogP contribution is -1.59. The Bertz CT molecular complexity index is 72.5. The molecular weight excluding hydrogens is 136 g/mol. The molecule has 0 bridgehead atoms. The molecule has 0 rings (SSSR count). The van der Waals surface area contributed by atoms with E-state index in [0.717, 1.165) is 11.5 Å². The number of thiol groups is 2. The van der Waals surface area contributed by atoms with Gasteiger partial charge in [0, 0.05) is 11.5 Å². The van der Waals surface area contributed by atoms with Crippen molar-refractivity contribution < 1.29 is 0 Å². The fourth-order valence-electron chi connectivity index (χ4n) is 0.279. The lowest BCUT2D eigenvalue weighted by Gasteiger charge is -1.73. The van der Waals surface area contributed by atoms with E-state index in [-0.39, 0.29) is 0 Å². The van der Waals surface area contributed by atoms with Crippen molar-refractivity contribution in [1.82, 2.24) is 0 Å². The van der Waals surface area contributed by atoms with Gasteiger partial charge in [0.05, 0.1) is 0 Å². The van der Waals surface area contributed by atoms with Gasteiger partial charge in [0.1, 0.15) is 0 Å². The predicted molar refractivity (Wildman–Crippen MR) is 46.0 cm³/mol. The quantitative estimate of drug-likeness (QED) is 0.441. The molecule has 0 fully saturated rings. The maximum atomic E-state index is 3.98. The average molecular weight is 146 g/mol. The molecule has 46 valence electrons. The minimum absolute atomic E-state index is 0.802. The smallest absolute Gasteiger partial charge is 0.00856 e. The van der Waals surface area contributed by atoms with Crippen molar-refractivity contribution in [3.63, 3.8) is 0 Å². The Morgan fingerprint density at radius 3 is 1.50 bits per heavy atom. The van der Waals surface area contributed by atoms with Crippen LogP contribution in [0.25, 0.3) is 0 Å². The molecular formula is C6H10S2. The Balaban J connectivity index is 3.13. The molecule has 0 saturated carbocycles. The normalized spacial score (nSPS) is 11.8. The molecule has 0 aromatic heterocycles. The zero-order valence-electron chi connectivity index (χ0n) is 4.62. The van der Waals surface area contributed by atoms with E-state index >= 15 is 0 Å². The number of allylic oxidation sites excluding steroid dienone is 2. The van der Waals surface area contributed by atoms with Crippen molar-refractivity contribution >= 4 is 25.3 Å². The van der Waals surface area contributed by atoms with Gasteiger partial charge in [-0.05, 0) is 0 Å². The third kappa shape index (κ3) is 6.18. The molecule has 0 aromatic carbocycles. The lowest BCUT2D eigenvalue weighted by atomic mass is 10.5. The van der Waals surface area contributed by atoms with E-state index in [4.69, 9.17) is 0 Å². The van der Waals surface area contributed by atoms with Gasteiger partial charge in [-0.1, -0.05) is 24.3 Å². The summed E-state index contributed by atoms with van der Waals surface area (Å²) >= 11 is 7.97. The van der Waals surface area contributed by atoms with Crippen LogP contribution >= 0.6 is 25.3 Å². The first-order valence-corrected chi connectivity index (χ1v) is 3.71. The predicted octanol–water partition coefficient (Wildman–Crippen LogP) is 1.96. The summed E-state index contributed by atoms with van der Waals surface area (Å²) < 4.78 is 0. The summed E-state index contributed by atoms with van der Waals surface area (Å²) in [5, 5.41) is 0. The summed E-state index contributed by atoms with van der Waals surface area (Å²) in [5.41, 5.74) is 0. The van der Waals surface area contributed by atoms with Crippen LogP contribution in [0.3, 0.4) is 0 Å². The highest BCUT2D eigenvalue weighted by Crippen LogP contribution is 1.81. The first kappa shape index (κ1) is 8.18. The topological polar surface area (TPSA) is 0 Å². The van der Waals surface area contributed by atoms with E-state index < -0.39 is 0 Å². The van der Waals surface area contributed by atoms with Gasteiger partial charge in [-0.2, -0.15) is 25.3 Å². The summed E-state index contributed by atoms with van der Waals surface area (Å²) in [7, 11) is 0. The van der Waals surface area contributed by atoms with Gasteiger partial charge >= 0.3 is 0 Å². The maximum absolute atomic E-state index is 3.98. The zero-order chi connectivity index (χ0) is 6.24. The molecule has 0 aliphatic heterocycles. The van der Waals surface area contributed by atoms with E-state index in [1.54, 1.807) is 0 Å². The van der Waals surface area contributed by atoms with Crippen LogP contribution in [0.1, 0.15) is 0 Å². The summed E-state index contributed by atoms with van der Waals surface area (Å²) in [6, 6.07) is 0. The zero-order valence-corrected chi connectivity index (χ0v) is 6.41. The highest BCUT2D eigenvalue weighted by molar-refractivity contribution is 7.80. The molecule has 0 spiro atoms. The Labute approximate surface area is 61.5 Å². The van der Waals surface area contributed by atoms with Crippen molar-refractivity contribution in [2.75, 3.05) is 11.5 Å². The Morgan fingerprint density at radius 2 is 1.25 bits per heavy atom. The second kappa shape index (κ2) is 7.18. The van der Waals surface area contributed by atoms with Crippen molar-refractivity contribution in [3.8, 4) is 0 Å². The second-order valence-electron chi connectivity index (χ2n) is 1.22. The van der Waals surface area contributed by atoms with Crippen molar-refractivity contribution in [1.29, 1.82) is 0 Å². The molecule has 0 N–H and O–H groups in total. The second-order valence-corrected chi connectivity index (χ2v) is 1.95. The van der Waals surface area contributed by atoms with E-state index in [0.29, 0.717) is 0 Å². The summed E-state index contributed by atoms with van der Waals surface area (Å²) in [6.45, 7) is 0. The molecule has 0 aliphatic carbocycles. The van der Waals surface area contributed by atoms with Gasteiger partial charge in [-0.25, -0.2) is 0 Å². The molecule has 0 amide bonds. The minimum Gasteiger partial charge on any atom is -0.175 e. The molecule has 0 aromatic rings. The number of rotatable bonds is 3. The van der Waals surface area contributed by atoms with Gasteiger partial charge in [0.25, 0.3) is 0 Å². The highest BCUT2D eigenvalue weighted by atomic mass is 32.1. The van der Waals surface area contributed by atoms with Crippen molar-refractivity contribution in [2.45, 2.75) is 0 Å². The number of hydrogen-bond donors (Lipinski definition) is 2. The Hall–Kier alpha value is 0.180. The standard InChI is InChI=1S/C6H10S2/c7-5-3-1-2-4-6-8/h1-4,7-8H,5-6H2. The van der Waals surface area contributed by atoms with Crippen molar-refractivity contribution in [3.05, 3.63) is 24.3 Å². The fourth-order valence-corrected chi connectivity index (χ4v) is 0.522. The Morgan fingerprint density at radius 1 is 0.875 bits per heavy atom. The summed E-state index contributed by atoms with van der Waals surface area (Å²) in [6.07, 6.45) is 7.87. The van der Waals surface area contributed by atoms with Crippen LogP contribution in [-0.2, 0) is 0 Å². The van der Waals surface area contributed by atoms with E-state index in [9.17, 15) is 0 Å². The van der Waals surface area contributed by atoms with Gasteiger partial charge in [0.2, 0.25) is 0 Å². The monoisotopic (exact) mass is 146 g/mol. The maximum Gasteiger partial charge on any atom is 0.00856 e. The van der Waals surface area contributed by atoms with Crippen LogP contribution in [0, 0.1) is 0 Å². The van der Waals surface area contributed by atoms with Crippen molar-refractivity contribution in [2.24, 2.45) is 0 Å². The summed E-state index contributed by atoms with van der Waals surface area (Å²) in [5.74, 6) is 1.60. The molecule has 0 aliphatic rings.